The molecule has 0 radical (unpaired) electrons. The van der Waals surface area contributed by atoms with Crippen LogP contribution in [0.3, 0.4) is 0 Å². The SMILES string of the molecule is CC(O)(CNCc1ccc(-n2cccn2)cc1)c1cccs1. The first-order valence-electron chi connectivity index (χ1n) is 7.21. The van der Waals surface area contributed by atoms with Crippen LogP contribution >= 0.6 is 11.3 Å². The van der Waals surface area contributed by atoms with Gasteiger partial charge in [0.05, 0.1) is 5.69 Å². The first-order chi connectivity index (χ1) is 10.6. The van der Waals surface area contributed by atoms with Gasteiger partial charge in [0.15, 0.2) is 0 Å². The van der Waals surface area contributed by atoms with Gasteiger partial charge in [-0.05, 0) is 42.1 Å². The van der Waals surface area contributed by atoms with Crippen molar-refractivity contribution in [3.05, 3.63) is 70.7 Å². The Labute approximate surface area is 134 Å². The molecule has 2 heterocycles. The van der Waals surface area contributed by atoms with E-state index < -0.39 is 5.60 Å². The molecule has 0 aliphatic heterocycles. The minimum atomic E-state index is -0.830. The lowest BCUT2D eigenvalue weighted by Crippen LogP contribution is -2.34. The Balaban J connectivity index is 1.56. The highest BCUT2D eigenvalue weighted by Crippen LogP contribution is 2.24. The van der Waals surface area contributed by atoms with Crippen LogP contribution in [0.2, 0.25) is 0 Å². The summed E-state index contributed by atoms with van der Waals surface area (Å²) in [5, 5.41) is 20.0. The summed E-state index contributed by atoms with van der Waals surface area (Å²) in [5.41, 5.74) is 1.39. The number of aromatic nitrogens is 2. The van der Waals surface area contributed by atoms with Gasteiger partial charge in [0.25, 0.3) is 0 Å². The van der Waals surface area contributed by atoms with Gasteiger partial charge in [-0.2, -0.15) is 5.10 Å². The Morgan fingerprint density at radius 2 is 2.05 bits per heavy atom. The van der Waals surface area contributed by atoms with E-state index in [1.54, 1.807) is 17.5 Å². The summed E-state index contributed by atoms with van der Waals surface area (Å²) in [6.07, 6.45) is 3.69. The Morgan fingerprint density at radius 1 is 1.23 bits per heavy atom. The summed E-state index contributed by atoms with van der Waals surface area (Å²) in [6.45, 7) is 3.09. The molecule has 3 aromatic rings. The van der Waals surface area contributed by atoms with Crippen molar-refractivity contribution in [1.29, 1.82) is 0 Å². The maximum Gasteiger partial charge on any atom is 0.108 e. The lowest BCUT2D eigenvalue weighted by molar-refractivity contribution is 0.0604. The average molecular weight is 313 g/mol. The van der Waals surface area contributed by atoms with Crippen LogP contribution in [0, 0.1) is 0 Å². The van der Waals surface area contributed by atoms with Crippen molar-refractivity contribution >= 4 is 11.3 Å². The van der Waals surface area contributed by atoms with Crippen molar-refractivity contribution < 1.29 is 5.11 Å². The first kappa shape index (κ1) is 15.0. The molecule has 114 valence electrons. The third-order valence-electron chi connectivity index (χ3n) is 3.56. The molecule has 0 saturated heterocycles. The lowest BCUT2D eigenvalue weighted by atomic mass is 10.1. The van der Waals surface area contributed by atoms with Crippen LogP contribution in [0.5, 0.6) is 0 Å². The van der Waals surface area contributed by atoms with Crippen molar-refractivity contribution in [2.75, 3.05) is 6.54 Å². The highest BCUT2D eigenvalue weighted by molar-refractivity contribution is 7.10. The lowest BCUT2D eigenvalue weighted by Gasteiger charge is -2.22. The zero-order valence-electron chi connectivity index (χ0n) is 12.4. The fourth-order valence-corrected chi connectivity index (χ4v) is 3.10. The van der Waals surface area contributed by atoms with E-state index in [1.807, 2.05) is 53.5 Å². The molecule has 2 aromatic heterocycles. The van der Waals surface area contributed by atoms with Crippen LogP contribution in [0.25, 0.3) is 5.69 Å². The second-order valence-electron chi connectivity index (χ2n) is 5.47. The zero-order chi connectivity index (χ0) is 15.4. The van der Waals surface area contributed by atoms with Gasteiger partial charge in [0.1, 0.15) is 5.60 Å². The summed E-state index contributed by atoms with van der Waals surface area (Å²) in [7, 11) is 0. The summed E-state index contributed by atoms with van der Waals surface area (Å²) in [4.78, 5) is 0.981. The highest BCUT2D eigenvalue weighted by Gasteiger charge is 2.23. The number of hydrogen-bond acceptors (Lipinski definition) is 4. The van der Waals surface area contributed by atoms with Crippen LogP contribution in [-0.4, -0.2) is 21.4 Å². The zero-order valence-corrected chi connectivity index (χ0v) is 13.3. The molecule has 22 heavy (non-hydrogen) atoms. The Kier molecular flexibility index (Phi) is 4.38. The number of hydrogen-bond donors (Lipinski definition) is 2. The summed E-state index contributed by atoms with van der Waals surface area (Å²) in [5.74, 6) is 0. The number of rotatable bonds is 6. The van der Waals surface area contributed by atoms with E-state index in [0.29, 0.717) is 6.54 Å². The van der Waals surface area contributed by atoms with Gasteiger partial charge < -0.3 is 10.4 Å². The predicted molar refractivity (Wildman–Crippen MR) is 89.2 cm³/mol. The van der Waals surface area contributed by atoms with Gasteiger partial charge >= 0.3 is 0 Å². The van der Waals surface area contributed by atoms with E-state index in [-0.39, 0.29) is 0 Å². The van der Waals surface area contributed by atoms with E-state index >= 15 is 0 Å². The summed E-state index contributed by atoms with van der Waals surface area (Å²) < 4.78 is 1.83. The van der Waals surface area contributed by atoms with Gasteiger partial charge in [-0.15, -0.1) is 11.3 Å². The molecule has 0 fully saturated rings. The fourth-order valence-electron chi connectivity index (χ4n) is 2.31. The third-order valence-corrected chi connectivity index (χ3v) is 4.68. The second kappa shape index (κ2) is 6.44. The minimum absolute atomic E-state index is 0.522. The van der Waals surface area contributed by atoms with Gasteiger partial charge in [0, 0.05) is 30.4 Å². The van der Waals surface area contributed by atoms with Crippen LogP contribution < -0.4 is 5.32 Å². The van der Waals surface area contributed by atoms with E-state index in [9.17, 15) is 5.11 Å². The first-order valence-corrected chi connectivity index (χ1v) is 8.09. The molecule has 3 rings (SSSR count). The molecular formula is C17H19N3OS. The Bertz CT molecular complexity index is 688. The molecule has 0 saturated carbocycles. The Hall–Kier alpha value is -1.95. The largest absolute Gasteiger partial charge is 0.383 e. The monoisotopic (exact) mass is 313 g/mol. The number of nitrogens with one attached hydrogen (secondary N) is 1. The van der Waals surface area contributed by atoms with Crippen molar-refractivity contribution in [3.63, 3.8) is 0 Å². The molecule has 0 aliphatic carbocycles. The molecule has 2 N–H and O–H groups in total. The maximum absolute atomic E-state index is 10.5. The van der Waals surface area contributed by atoms with Crippen LogP contribution in [0.1, 0.15) is 17.4 Å². The second-order valence-corrected chi connectivity index (χ2v) is 6.42. The molecule has 1 aromatic carbocycles. The quantitative estimate of drug-likeness (QED) is 0.735. The molecule has 4 nitrogen and oxygen atoms in total. The van der Waals surface area contributed by atoms with Crippen molar-refractivity contribution in [2.24, 2.45) is 0 Å². The molecule has 1 atom stereocenters. The average Bonchev–Trinajstić information content (AvgIpc) is 3.22. The van der Waals surface area contributed by atoms with Gasteiger partial charge in [-0.25, -0.2) is 4.68 Å². The number of thiophene rings is 1. The van der Waals surface area contributed by atoms with Crippen LogP contribution in [0.15, 0.2) is 60.2 Å². The molecule has 0 bridgehead atoms. The minimum Gasteiger partial charge on any atom is -0.383 e. The van der Waals surface area contributed by atoms with E-state index in [2.05, 4.69) is 22.5 Å². The van der Waals surface area contributed by atoms with Crippen molar-refractivity contribution in [3.8, 4) is 5.69 Å². The summed E-state index contributed by atoms with van der Waals surface area (Å²) in [6, 6.07) is 14.1. The molecule has 5 heteroatoms. The van der Waals surface area contributed by atoms with Crippen LogP contribution in [0.4, 0.5) is 0 Å². The smallest absolute Gasteiger partial charge is 0.108 e. The number of benzene rings is 1. The van der Waals surface area contributed by atoms with Crippen molar-refractivity contribution in [2.45, 2.75) is 19.1 Å². The van der Waals surface area contributed by atoms with Gasteiger partial charge in [-0.1, -0.05) is 18.2 Å². The van der Waals surface area contributed by atoms with Gasteiger partial charge in [0.2, 0.25) is 0 Å². The van der Waals surface area contributed by atoms with E-state index in [1.165, 1.54) is 5.56 Å². The fraction of sp³-hybridized carbons (Fsp3) is 0.235. The van der Waals surface area contributed by atoms with Crippen molar-refractivity contribution in [1.82, 2.24) is 15.1 Å². The number of nitrogens with zero attached hydrogens (tertiary/aromatic N) is 2. The molecular weight excluding hydrogens is 294 g/mol. The normalized spacial score (nSPS) is 13.9. The standard InChI is InChI=1S/C17H19N3OS/c1-17(21,16-4-2-11-22-16)13-18-12-14-5-7-15(8-6-14)20-10-3-9-19-20/h2-11,18,21H,12-13H2,1H3. The van der Waals surface area contributed by atoms with Crippen LogP contribution in [-0.2, 0) is 12.1 Å². The Morgan fingerprint density at radius 3 is 2.68 bits per heavy atom. The highest BCUT2D eigenvalue weighted by atomic mass is 32.1. The molecule has 0 amide bonds. The van der Waals surface area contributed by atoms with E-state index in [0.717, 1.165) is 17.1 Å². The van der Waals surface area contributed by atoms with E-state index in [4.69, 9.17) is 0 Å². The molecule has 0 spiro atoms. The van der Waals surface area contributed by atoms with Gasteiger partial charge in [-0.3, -0.25) is 0 Å². The topological polar surface area (TPSA) is 50.1 Å². The molecule has 0 aliphatic rings. The predicted octanol–water partition coefficient (Wildman–Crippen LogP) is 2.93. The summed E-state index contributed by atoms with van der Waals surface area (Å²) >= 11 is 1.58. The third kappa shape index (κ3) is 3.44. The maximum atomic E-state index is 10.5. The molecule has 1 unspecified atom stereocenters. The number of aliphatic hydroxyl groups is 1.